The highest BCUT2D eigenvalue weighted by molar-refractivity contribution is 7.25. The highest BCUT2D eigenvalue weighted by atomic mass is 32.1. The lowest BCUT2D eigenvalue weighted by Gasteiger charge is -2.61. The molecule has 0 atom stereocenters. The van der Waals surface area contributed by atoms with Crippen molar-refractivity contribution in [3.05, 3.63) is 151 Å². The number of anilines is 3. The third kappa shape index (κ3) is 3.78. The second kappa shape index (κ2) is 10.2. The Kier molecular flexibility index (Phi) is 5.79. The molecule has 0 amide bonds. The van der Waals surface area contributed by atoms with E-state index in [1.165, 1.54) is 91.6 Å². The monoisotopic (exact) mass is 635 g/mol. The van der Waals surface area contributed by atoms with Crippen molar-refractivity contribution in [3.63, 3.8) is 0 Å². The molecule has 6 aromatic carbocycles. The summed E-state index contributed by atoms with van der Waals surface area (Å²) in [5.74, 6) is 3.48. The standard InChI is InChI=1S/C46H37NS/c1-2-8-35(9-3-1)47(36-17-14-31(15-18-36)32-16-21-45-41(27-32)39-11-5-7-13-44(39)48-45)37-19-20-43-40(28-37)38-10-4-6-12-42(38)46(43)33-23-29-22-30(25-33)26-34(46)24-29/h1-21,27-30,33-34H,22-26H2. The van der Waals surface area contributed by atoms with Crippen molar-refractivity contribution in [1.82, 2.24) is 0 Å². The molecule has 1 spiro atoms. The van der Waals surface area contributed by atoms with Crippen LogP contribution in [0.5, 0.6) is 0 Å². The minimum atomic E-state index is 0.200. The first kappa shape index (κ1) is 27.3. The normalized spacial score (nSPS) is 24.8. The predicted octanol–water partition coefficient (Wildman–Crippen LogP) is 12.9. The topological polar surface area (TPSA) is 3.24 Å². The van der Waals surface area contributed by atoms with Gasteiger partial charge >= 0.3 is 0 Å². The van der Waals surface area contributed by atoms with Gasteiger partial charge in [-0.05, 0) is 144 Å². The number of rotatable bonds is 4. The van der Waals surface area contributed by atoms with E-state index in [-0.39, 0.29) is 5.41 Å². The summed E-state index contributed by atoms with van der Waals surface area (Å²) in [7, 11) is 0. The fourth-order valence-electron chi connectivity index (χ4n) is 11.0. The molecule has 1 nitrogen and oxygen atoms in total. The van der Waals surface area contributed by atoms with Gasteiger partial charge in [0.25, 0.3) is 0 Å². The second-order valence-electron chi connectivity index (χ2n) is 15.0. The molecule has 0 radical (unpaired) electrons. The third-order valence-corrected chi connectivity index (χ3v) is 13.8. The number of benzene rings is 6. The minimum absolute atomic E-state index is 0.200. The maximum atomic E-state index is 2.54. The molecule has 2 heteroatoms. The van der Waals surface area contributed by atoms with Gasteiger partial charge in [0.2, 0.25) is 0 Å². The smallest absolute Gasteiger partial charge is 0.0468 e. The lowest BCUT2D eigenvalue weighted by Crippen LogP contribution is -2.55. The maximum Gasteiger partial charge on any atom is 0.0468 e. The van der Waals surface area contributed by atoms with Crippen LogP contribution >= 0.6 is 11.3 Å². The molecule has 1 heterocycles. The molecule has 4 bridgehead atoms. The van der Waals surface area contributed by atoms with Crippen molar-refractivity contribution in [2.45, 2.75) is 37.5 Å². The molecule has 0 N–H and O–H groups in total. The Balaban J connectivity index is 1.02. The summed E-state index contributed by atoms with van der Waals surface area (Å²) in [6.45, 7) is 0. The molecule has 5 aliphatic rings. The number of nitrogens with zero attached hydrogens (tertiary/aromatic N) is 1. The number of hydrogen-bond acceptors (Lipinski definition) is 2. The molecular weight excluding hydrogens is 599 g/mol. The zero-order valence-electron chi connectivity index (χ0n) is 27.0. The van der Waals surface area contributed by atoms with Gasteiger partial charge in [0, 0.05) is 42.6 Å². The van der Waals surface area contributed by atoms with E-state index in [2.05, 4.69) is 144 Å². The highest BCUT2D eigenvalue weighted by Gasteiger charge is 2.61. The molecule has 12 rings (SSSR count). The van der Waals surface area contributed by atoms with Gasteiger partial charge in [-0.2, -0.15) is 0 Å². The van der Waals surface area contributed by atoms with E-state index in [0.717, 1.165) is 23.7 Å². The summed E-state index contributed by atoms with van der Waals surface area (Å²) in [5, 5.41) is 2.69. The third-order valence-electron chi connectivity index (χ3n) is 12.6. The molecule has 5 aliphatic carbocycles. The van der Waals surface area contributed by atoms with Crippen LogP contribution in [0.3, 0.4) is 0 Å². The van der Waals surface area contributed by atoms with E-state index in [0.29, 0.717) is 0 Å². The average Bonchev–Trinajstić information content (AvgIpc) is 3.65. The van der Waals surface area contributed by atoms with Crippen LogP contribution in [0.25, 0.3) is 42.4 Å². The summed E-state index contributed by atoms with van der Waals surface area (Å²) in [6.07, 6.45) is 7.16. The Morgan fingerprint density at radius 3 is 1.90 bits per heavy atom. The maximum absolute atomic E-state index is 2.54. The van der Waals surface area contributed by atoms with Gasteiger partial charge in [-0.1, -0.05) is 84.9 Å². The Labute approximate surface area is 286 Å². The Bertz CT molecular complexity index is 2340. The van der Waals surface area contributed by atoms with Gasteiger partial charge in [-0.15, -0.1) is 11.3 Å². The first-order valence-corrected chi connectivity index (χ1v) is 18.7. The predicted molar refractivity (Wildman–Crippen MR) is 203 cm³/mol. The zero-order chi connectivity index (χ0) is 31.4. The lowest BCUT2D eigenvalue weighted by atomic mass is 9.43. The zero-order valence-corrected chi connectivity index (χ0v) is 27.8. The largest absolute Gasteiger partial charge is 0.310 e. The van der Waals surface area contributed by atoms with Crippen molar-refractivity contribution in [2.24, 2.45) is 23.7 Å². The van der Waals surface area contributed by atoms with Crippen molar-refractivity contribution >= 4 is 48.6 Å². The van der Waals surface area contributed by atoms with Crippen LogP contribution in [-0.4, -0.2) is 0 Å². The molecule has 0 aliphatic heterocycles. The van der Waals surface area contributed by atoms with Gasteiger partial charge in [0.1, 0.15) is 0 Å². The van der Waals surface area contributed by atoms with Crippen LogP contribution in [-0.2, 0) is 5.41 Å². The van der Waals surface area contributed by atoms with Crippen molar-refractivity contribution in [1.29, 1.82) is 0 Å². The van der Waals surface area contributed by atoms with Crippen molar-refractivity contribution in [3.8, 4) is 22.3 Å². The first-order valence-electron chi connectivity index (χ1n) is 17.9. The SMILES string of the molecule is c1ccc(N(c2ccc(-c3ccc4sc5ccccc5c4c3)cc2)c2ccc3c(c2)-c2ccccc2C32C3CC4CC(C3)CC2C4)cc1. The van der Waals surface area contributed by atoms with E-state index in [9.17, 15) is 0 Å². The van der Waals surface area contributed by atoms with E-state index in [1.54, 1.807) is 11.1 Å². The molecule has 48 heavy (non-hydrogen) atoms. The van der Waals surface area contributed by atoms with E-state index in [4.69, 9.17) is 0 Å². The van der Waals surface area contributed by atoms with Gasteiger partial charge in [0.15, 0.2) is 0 Å². The number of hydrogen-bond donors (Lipinski definition) is 0. The van der Waals surface area contributed by atoms with Crippen molar-refractivity contribution in [2.75, 3.05) is 4.90 Å². The summed E-state index contributed by atoms with van der Waals surface area (Å²) in [5.41, 5.74) is 12.5. The van der Waals surface area contributed by atoms with E-state index >= 15 is 0 Å². The molecule has 7 aromatic rings. The fraction of sp³-hybridized carbons (Fsp3) is 0.217. The summed E-state index contributed by atoms with van der Waals surface area (Å²) in [6, 6.07) is 52.8. The van der Waals surface area contributed by atoms with E-state index < -0.39 is 0 Å². The van der Waals surface area contributed by atoms with E-state index in [1.807, 2.05) is 11.3 Å². The number of thiophene rings is 1. The Morgan fingerprint density at radius 1 is 0.458 bits per heavy atom. The molecule has 0 unspecified atom stereocenters. The van der Waals surface area contributed by atoms with Crippen LogP contribution in [0.1, 0.15) is 43.2 Å². The van der Waals surface area contributed by atoms with Crippen LogP contribution in [0.15, 0.2) is 140 Å². The van der Waals surface area contributed by atoms with Crippen molar-refractivity contribution < 1.29 is 0 Å². The second-order valence-corrected chi connectivity index (χ2v) is 16.1. The number of para-hydroxylation sites is 1. The quantitative estimate of drug-likeness (QED) is 0.186. The fourth-order valence-corrected chi connectivity index (χ4v) is 12.1. The average molecular weight is 636 g/mol. The Morgan fingerprint density at radius 2 is 1.08 bits per heavy atom. The molecule has 4 fully saturated rings. The van der Waals surface area contributed by atoms with Crippen LogP contribution in [0, 0.1) is 23.7 Å². The summed E-state index contributed by atoms with van der Waals surface area (Å²) < 4.78 is 2.70. The molecule has 4 saturated carbocycles. The van der Waals surface area contributed by atoms with Gasteiger partial charge in [-0.25, -0.2) is 0 Å². The van der Waals surface area contributed by atoms with Crippen LogP contribution in [0.4, 0.5) is 17.1 Å². The van der Waals surface area contributed by atoms with Gasteiger partial charge < -0.3 is 4.90 Å². The van der Waals surface area contributed by atoms with Gasteiger partial charge in [-0.3, -0.25) is 0 Å². The summed E-state index contributed by atoms with van der Waals surface area (Å²) >= 11 is 1.88. The molecule has 232 valence electrons. The lowest BCUT2D eigenvalue weighted by molar-refractivity contribution is -0.0399. The molecule has 1 aromatic heterocycles. The van der Waals surface area contributed by atoms with Crippen LogP contribution < -0.4 is 4.90 Å². The molecular formula is C46H37NS. The van der Waals surface area contributed by atoms with Crippen LogP contribution in [0.2, 0.25) is 0 Å². The Hall–Kier alpha value is -4.66. The molecule has 0 saturated heterocycles. The first-order chi connectivity index (χ1) is 23.7. The minimum Gasteiger partial charge on any atom is -0.310 e. The number of fused-ring (bicyclic) bond motifs is 6. The highest BCUT2D eigenvalue weighted by Crippen LogP contribution is 2.69. The summed E-state index contributed by atoms with van der Waals surface area (Å²) in [4.78, 5) is 2.45. The van der Waals surface area contributed by atoms with Gasteiger partial charge in [0.05, 0.1) is 0 Å².